The maximum absolute atomic E-state index is 11.7. The molecule has 0 aliphatic rings. The van der Waals surface area contributed by atoms with Crippen molar-refractivity contribution in [3.8, 4) is 0 Å². The predicted octanol–water partition coefficient (Wildman–Crippen LogP) is -1.08. The van der Waals surface area contributed by atoms with Gasteiger partial charge in [-0.05, 0) is 12.8 Å². The van der Waals surface area contributed by atoms with E-state index < -0.39 is 36.9 Å². The minimum atomic E-state index is -1.88. The van der Waals surface area contributed by atoms with Gasteiger partial charge >= 0.3 is 0 Å². The number of primary amides is 1. The smallest absolute Gasteiger partial charge is 0.251 e. The summed E-state index contributed by atoms with van der Waals surface area (Å²) in [6.07, 6.45) is 2.25. The largest absolute Gasteiger partial charge is 0.394 e. The van der Waals surface area contributed by atoms with Crippen molar-refractivity contribution in [2.24, 2.45) is 5.73 Å². The second-order valence-corrected chi connectivity index (χ2v) is 6.87. The van der Waals surface area contributed by atoms with E-state index in [0.29, 0.717) is 13.0 Å². The van der Waals surface area contributed by atoms with Crippen LogP contribution in [0.1, 0.15) is 64.2 Å². The number of hydrogen-bond acceptors (Lipinski definition) is 7. The molecule has 160 valence electrons. The second kappa shape index (κ2) is 15.8. The summed E-state index contributed by atoms with van der Waals surface area (Å²) in [5, 5.41) is 49.1. The normalized spacial score (nSPS) is 15.7. The molecule has 0 saturated carbocycles. The van der Waals surface area contributed by atoms with Crippen LogP contribution in [-0.2, 0) is 9.59 Å². The summed E-state index contributed by atoms with van der Waals surface area (Å²) in [5.74, 6) is -1.08. The van der Waals surface area contributed by atoms with E-state index in [0.717, 1.165) is 57.8 Å². The predicted molar refractivity (Wildman–Crippen MR) is 99.5 cm³/mol. The van der Waals surface area contributed by atoms with Crippen molar-refractivity contribution in [1.82, 2.24) is 5.32 Å². The SMILES string of the molecule is NC(=O)CCCCCCCCCCCNC(=O)[C@H](O)[C@@H](O)[C@H](O)[C@H](O)CO. The van der Waals surface area contributed by atoms with Gasteiger partial charge in [0.1, 0.15) is 18.3 Å². The summed E-state index contributed by atoms with van der Waals surface area (Å²) in [7, 11) is 0. The molecule has 0 aliphatic carbocycles. The van der Waals surface area contributed by atoms with Crippen LogP contribution in [-0.4, -0.2) is 74.9 Å². The average molecular weight is 392 g/mol. The fourth-order valence-electron chi connectivity index (χ4n) is 2.66. The van der Waals surface area contributed by atoms with Gasteiger partial charge in [-0.3, -0.25) is 9.59 Å². The maximum atomic E-state index is 11.7. The van der Waals surface area contributed by atoms with Crippen molar-refractivity contribution in [2.75, 3.05) is 13.2 Å². The summed E-state index contributed by atoms with van der Waals surface area (Å²) in [4.78, 5) is 22.3. The zero-order valence-electron chi connectivity index (χ0n) is 15.9. The molecular weight excluding hydrogens is 356 g/mol. The fourth-order valence-corrected chi connectivity index (χ4v) is 2.66. The third-order valence-corrected chi connectivity index (χ3v) is 4.42. The van der Waals surface area contributed by atoms with Crippen molar-refractivity contribution >= 4 is 11.8 Å². The number of carbonyl (C=O) groups is 2. The Morgan fingerprint density at radius 1 is 0.778 bits per heavy atom. The van der Waals surface area contributed by atoms with E-state index in [9.17, 15) is 30.0 Å². The highest BCUT2D eigenvalue weighted by Gasteiger charge is 2.33. The second-order valence-electron chi connectivity index (χ2n) is 6.87. The van der Waals surface area contributed by atoms with Gasteiger partial charge in [-0.1, -0.05) is 44.9 Å². The lowest BCUT2D eigenvalue weighted by Crippen LogP contribution is -2.51. The van der Waals surface area contributed by atoms with Crippen molar-refractivity contribution in [2.45, 2.75) is 88.6 Å². The Morgan fingerprint density at radius 2 is 1.26 bits per heavy atom. The van der Waals surface area contributed by atoms with Gasteiger partial charge in [0.25, 0.3) is 5.91 Å². The molecule has 0 spiro atoms. The number of hydrogen-bond donors (Lipinski definition) is 7. The Labute approximate surface area is 160 Å². The first-order valence-electron chi connectivity index (χ1n) is 9.70. The van der Waals surface area contributed by atoms with Crippen molar-refractivity contribution in [1.29, 1.82) is 0 Å². The Morgan fingerprint density at radius 3 is 1.74 bits per heavy atom. The topological polar surface area (TPSA) is 173 Å². The fraction of sp³-hybridized carbons (Fsp3) is 0.889. The van der Waals surface area contributed by atoms with Gasteiger partial charge in [0.2, 0.25) is 5.91 Å². The number of carbonyl (C=O) groups excluding carboxylic acids is 2. The van der Waals surface area contributed by atoms with Crippen LogP contribution in [0.3, 0.4) is 0 Å². The standard InChI is InChI=1S/C18H36N2O7/c19-14(23)10-8-6-4-2-1-3-5-7-9-11-20-18(27)17(26)16(25)15(24)13(22)12-21/h13,15-17,21-22,24-26H,1-12H2,(H2,19,23)(H,20,27)/t13-,15-,16+,17-/m1/s1. The monoisotopic (exact) mass is 392 g/mol. The molecule has 9 nitrogen and oxygen atoms in total. The number of rotatable bonds is 17. The van der Waals surface area contributed by atoms with Gasteiger partial charge < -0.3 is 36.6 Å². The van der Waals surface area contributed by atoms with Crippen molar-refractivity contribution in [3.63, 3.8) is 0 Å². The summed E-state index contributed by atoms with van der Waals surface area (Å²) in [6.45, 7) is -0.450. The number of nitrogens with one attached hydrogen (secondary N) is 1. The number of aliphatic hydroxyl groups excluding tert-OH is 5. The molecule has 0 rings (SSSR count). The molecule has 4 atom stereocenters. The third-order valence-electron chi connectivity index (χ3n) is 4.42. The van der Waals surface area contributed by atoms with Gasteiger partial charge in [-0.25, -0.2) is 0 Å². The third kappa shape index (κ3) is 12.7. The van der Waals surface area contributed by atoms with E-state index in [2.05, 4.69) is 5.32 Å². The molecular formula is C18H36N2O7. The first kappa shape index (κ1) is 25.7. The first-order chi connectivity index (χ1) is 12.8. The van der Waals surface area contributed by atoms with Gasteiger partial charge in [0.05, 0.1) is 6.61 Å². The Balaban J connectivity index is 3.61. The first-order valence-corrected chi connectivity index (χ1v) is 9.70. The Hall–Kier alpha value is -1.26. The van der Waals surface area contributed by atoms with Crippen LogP contribution in [0.4, 0.5) is 0 Å². The van der Waals surface area contributed by atoms with E-state index in [1.807, 2.05) is 0 Å². The average Bonchev–Trinajstić information content (AvgIpc) is 2.65. The summed E-state index contributed by atoms with van der Waals surface area (Å²) < 4.78 is 0. The Kier molecular flexibility index (Phi) is 15.0. The quantitative estimate of drug-likeness (QED) is 0.154. The molecule has 8 N–H and O–H groups in total. The minimum Gasteiger partial charge on any atom is -0.394 e. The zero-order valence-corrected chi connectivity index (χ0v) is 15.9. The Bertz CT molecular complexity index is 409. The lowest BCUT2D eigenvalue weighted by Gasteiger charge is -2.24. The maximum Gasteiger partial charge on any atom is 0.251 e. The van der Waals surface area contributed by atoms with Crippen molar-refractivity contribution < 1.29 is 35.1 Å². The highest BCUT2D eigenvalue weighted by atomic mass is 16.4. The van der Waals surface area contributed by atoms with Crippen molar-refractivity contribution in [3.05, 3.63) is 0 Å². The molecule has 0 saturated heterocycles. The van der Waals surface area contributed by atoms with Gasteiger partial charge in [-0.15, -0.1) is 0 Å². The van der Waals surface area contributed by atoms with Crippen LogP contribution in [0.5, 0.6) is 0 Å². The molecule has 0 aromatic rings. The van der Waals surface area contributed by atoms with E-state index in [4.69, 9.17) is 10.8 Å². The lowest BCUT2D eigenvalue weighted by molar-refractivity contribution is -0.148. The van der Waals surface area contributed by atoms with E-state index in [-0.39, 0.29) is 5.91 Å². The minimum absolute atomic E-state index is 0.247. The molecule has 0 aromatic heterocycles. The lowest BCUT2D eigenvalue weighted by atomic mass is 10.0. The van der Waals surface area contributed by atoms with Crippen LogP contribution < -0.4 is 11.1 Å². The van der Waals surface area contributed by atoms with E-state index in [1.54, 1.807) is 0 Å². The van der Waals surface area contributed by atoms with E-state index in [1.165, 1.54) is 0 Å². The highest BCUT2D eigenvalue weighted by molar-refractivity contribution is 5.81. The number of amides is 2. The number of unbranched alkanes of at least 4 members (excludes halogenated alkanes) is 8. The van der Waals surface area contributed by atoms with Crippen LogP contribution in [0.25, 0.3) is 0 Å². The molecule has 0 unspecified atom stereocenters. The molecule has 27 heavy (non-hydrogen) atoms. The van der Waals surface area contributed by atoms with Crippen LogP contribution in [0.2, 0.25) is 0 Å². The number of nitrogens with two attached hydrogens (primary N) is 1. The molecule has 0 bridgehead atoms. The van der Waals surface area contributed by atoms with Crippen LogP contribution in [0, 0.1) is 0 Å². The van der Waals surface area contributed by atoms with Gasteiger partial charge in [0.15, 0.2) is 6.10 Å². The summed E-state index contributed by atoms with van der Waals surface area (Å²) in [6, 6.07) is 0. The molecule has 0 aliphatic heterocycles. The molecule has 2 amide bonds. The summed E-state index contributed by atoms with van der Waals surface area (Å²) in [5.41, 5.74) is 5.07. The van der Waals surface area contributed by atoms with E-state index >= 15 is 0 Å². The molecule has 0 fully saturated rings. The van der Waals surface area contributed by atoms with Crippen LogP contribution >= 0.6 is 0 Å². The van der Waals surface area contributed by atoms with Crippen LogP contribution in [0.15, 0.2) is 0 Å². The summed E-state index contributed by atoms with van der Waals surface area (Å²) >= 11 is 0. The number of aliphatic hydroxyl groups is 5. The molecule has 0 aromatic carbocycles. The molecule has 0 heterocycles. The van der Waals surface area contributed by atoms with Gasteiger partial charge in [0, 0.05) is 13.0 Å². The zero-order chi connectivity index (χ0) is 20.7. The molecule has 0 radical (unpaired) electrons. The van der Waals surface area contributed by atoms with Gasteiger partial charge in [-0.2, -0.15) is 0 Å². The highest BCUT2D eigenvalue weighted by Crippen LogP contribution is 2.10. The molecule has 9 heteroatoms.